The maximum absolute atomic E-state index is 10.3. The van der Waals surface area contributed by atoms with Crippen molar-refractivity contribution in [3.63, 3.8) is 0 Å². The highest BCUT2D eigenvalue weighted by molar-refractivity contribution is 7.79. The van der Waals surface area contributed by atoms with E-state index >= 15 is 0 Å². The minimum atomic E-state index is -1.90. The molecular formula is C21H42NO2S-. The Balaban J connectivity index is 3.06. The Hall–Kier alpha value is -0.190. The Morgan fingerprint density at radius 3 is 1.72 bits per heavy atom. The van der Waals surface area contributed by atoms with Crippen molar-refractivity contribution in [2.45, 2.75) is 103 Å². The Morgan fingerprint density at radius 2 is 1.20 bits per heavy atom. The molecule has 0 amide bonds. The fourth-order valence-electron chi connectivity index (χ4n) is 2.95. The lowest BCUT2D eigenvalue weighted by molar-refractivity contribution is 0.530. The van der Waals surface area contributed by atoms with Crippen LogP contribution in [0.1, 0.15) is 103 Å². The smallest absolute Gasteiger partial charge is 0.0227 e. The summed E-state index contributed by atoms with van der Waals surface area (Å²) in [6, 6.07) is 0. The monoisotopic (exact) mass is 372 g/mol. The molecule has 3 nitrogen and oxygen atoms in total. The predicted molar refractivity (Wildman–Crippen MR) is 111 cm³/mol. The van der Waals surface area contributed by atoms with E-state index in [-0.39, 0.29) is 5.75 Å². The second-order valence-corrected chi connectivity index (χ2v) is 8.06. The predicted octanol–water partition coefficient (Wildman–Crippen LogP) is 5.88. The van der Waals surface area contributed by atoms with Gasteiger partial charge < -0.3 is 9.87 Å². The van der Waals surface area contributed by atoms with E-state index < -0.39 is 11.1 Å². The van der Waals surface area contributed by atoms with Crippen LogP contribution in [0, 0.1) is 0 Å². The molecule has 0 bridgehead atoms. The molecule has 25 heavy (non-hydrogen) atoms. The molecule has 0 aliphatic carbocycles. The molecule has 4 heteroatoms. The SMILES string of the molecule is CCCCCCCC/C=C\CCCCCCCCCNCCS(=O)[O-]. The Morgan fingerprint density at radius 1 is 0.720 bits per heavy atom. The fraction of sp³-hybridized carbons (Fsp3) is 0.905. The van der Waals surface area contributed by atoms with Crippen LogP contribution in [0.4, 0.5) is 0 Å². The Kier molecular flexibility index (Phi) is 21.7. The molecule has 0 saturated heterocycles. The van der Waals surface area contributed by atoms with E-state index in [4.69, 9.17) is 0 Å². The van der Waals surface area contributed by atoms with Crippen molar-refractivity contribution in [1.29, 1.82) is 0 Å². The number of unbranched alkanes of at least 4 members (excludes halogenated alkanes) is 13. The zero-order valence-electron chi connectivity index (χ0n) is 16.6. The second kappa shape index (κ2) is 21.9. The molecule has 0 aromatic carbocycles. The summed E-state index contributed by atoms with van der Waals surface area (Å²) in [7, 11) is 0. The van der Waals surface area contributed by atoms with Gasteiger partial charge in [0.05, 0.1) is 0 Å². The van der Waals surface area contributed by atoms with E-state index in [0.717, 1.165) is 13.0 Å². The van der Waals surface area contributed by atoms with Gasteiger partial charge in [-0.25, -0.2) is 0 Å². The maximum atomic E-state index is 10.3. The molecule has 0 fully saturated rings. The molecule has 1 unspecified atom stereocenters. The zero-order chi connectivity index (χ0) is 18.4. The van der Waals surface area contributed by atoms with Crippen molar-refractivity contribution in [2.75, 3.05) is 18.8 Å². The molecule has 0 aromatic heterocycles. The number of hydrogen-bond acceptors (Lipinski definition) is 3. The highest BCUT2D eigenvalue weighted by atomic mass is 32.2. The van der Waals surface area contributed by atoms with Gasteiger partial charge in [0.1, 0.15) is 0 Å². The van der Waals surface area contributed by atoms with Crippen LogP contribution in [0.3, 0.4) is 0 Å². The molecule has 0 saturated carbocycles. The molecule has 0 heterocycles. The average molecular weight is 373 g/mol. The summed E-state index contributed by atoms with van der Waals surface area (Å²) in [6.07, 6.45) is 24.7. The van der Waals surface area contributed by atoms with Crippen LogP contribution in [0.25, 0.3) is 0 Å². The average Bonchev–Trinajstić information content (AvgIpc) is 2.60. The van der Waals surface area contributed by atoms with E-state index in [2.05, 4.69) is 24.4 Å². The van der Waals surface area contributed by atoms with Gasteiger partial charge in [0.2, 0.25) is 0 Å². The van der Waals surface area contributed by atoms with Gasteiger partial charge in [-0.05, 0) is 38.6 Å². The van der Waals surface area contributed by atoms with Crippen molar-refractivity contribution in [3.05, 3.63) is 12.2 Å². The quantitative estimate of drug-likeness (QED) is 0.165. The van der Waals surface area contributed by atoms with Crippen LogP contribution in [0.5, 0.6) is 0 Å². The van der Waals surface area contributed by atoms with Crippen molar-refractivity contribution in [2.24, 2.45) is 0 Å². The highest BCUT2D eigenvalue weighted by Gasteiger charge is 1.93. The van der Waals surface area contributed by atoms with Gasteiger partial charge in [-0.15, -0.1) is 0 Å². The first-order valence-electron chi connectivity index (χ1n) is 10.7. The standard InChI is InChI=1S/C21H43NO2S/c1-2-3-4-5-6-7-8-9-10-11-12-13-14-15-16-17-18-19-22-20-21-25(23)24/h9-10,22H,2-8,11-21H2,1H3,(H,23,24)/p-1/b10-9-. The first kappa shape index (κ1) is 24.8. The van der Waals surface area contributed by atoms with Crippen molar-refractivity contribution in [3.8, 4) is 0 Å². The molecule has 0 rings (SSSR count). The van der Waals surface area contributed by atoms with Gasteiger partial charge in [0.15, 0.2) is 0 Å². The number of hydrogen-bond donors (Lipinski definition) is 1. The first-order chi connectivity index (χ1) is 12.3. The van der Waals surface area contributed by atoms with Gasteiger partial charge in [-0.1, -0.05) is 94.4 Å². The second-order valence-electron chi connectivity index (χ2n) is 7.05. The lowest BCUT2D eigenvalue weighted by atomic mass is 10.1. The maximum Gasteiger partial charge on any atom is 0.0227 e. The van der Waals surface area contributed by atoms with E-state index in [0.29, 0.717) is 6.54 Å². The molecule has 0 aromatic rings. The summed E-state index contributed by atoms with van der Waals surface area (Å²) in [5.74, 6) is 0.230. The normalized spacial score (nSPS) is 12.9. The molecule has 1 atom stereocenters. The summed E-state index contributed by atoms with van der Waals surface area (Å²) >= 11 is -1.90. The number of nitrogens with one attached hydrogen (secondary N) is 1. The van der Waals surface area contributed by atoms with Crippen LogP contribution >= 0.6 is 0 Å². The summed E-state index contributed by atoms with van der Waals surface area (Å²) in [6.45, 7) is 3.80. The summed E-state index contributed by atoms with van der Waals surface area (Å²) < 4.78 is 20.7. The molecular weight excluding hydrogens is 330 g/mol. The minimum absolute atomic E-state index is 0.230. The van der Waals surface area contributed by atoms with Crippen LogP contribution in [-0.2, 0) is 11.1 Å². The number of allylic oxidation sites excluding steroid dienone is 2. The topological polar surface area (TPSA) is 52.2 Å². The van der Waals surface area contributed by atoms with Gasteiger partial charge >= 0.3 is 0 Å². The van der Waals surface area contributed by atoms with Crippen molar-refractivity contribution in [1.82, 2.24) is 5.32 Å². The molecule has 0 aliphatic heterocycles. The van der Waals surface area contributed by atoms with Crippen LogP contribution < -0.4 is 5.32 Å². The Bertz CT molecular complexity index is 308. The number of rotatable bonds is 20. The van der Waals surface area contributed by atoms with E-state index in [1.165, 1.54) is 89.9 Å². The lowest BCUT2D eigenvalue weighted by Gasteiger charge is -2.06. The van der Waals surface area contributed by atoms with E-state index in [1.54, 1.807) is 0 Å². The van der Waals surface area contributed by atoms with Gasteiger partial charge in [0.25, 0.3) is 0 Å². The summed E-state index contributed by atoms with van der Waals surface area (Å²) in [5, 5.41) is 3.17. The minimum Gasteiger partial charge on any atom is -0.772 e. The third kappa shape index (κ3) is 23.8. The molecule has 0 spiro atoms. The van der Waals surface area contributed by atoms with Crippen LogP contribution in [0.2, 0.25) is 0 Å². The third-order valence-corrected chi connectivity index (χ3v) is 5.10. The fourth-order valence-corrected chi connectivity index (χ4v) is 3.27. The Labute approximate surface area is 159 Å². The van der Waals surface area contributed by atoms with Crippen molar-refractivity contribution >= 4 is 11.1 Å². The first-order valence-corrected chi connectivity index (χ1v) is 11.9. The summed E-state index contributed by atoms with van der Waals surface area (Å²) in [4.78, 5) is 0. The van der Waals surface area contributed by atoms with E-state index in [9.17, 15) is 8.76 Å². The molecule has 150 valence electrons. The van der Waals surface area contributed by atoms with Gasteiger partial charge in [0, 0.05) is 12.3 Å². The zero-order valence-corrected chi connectivity index (χ0v) is 17.4. The summed E-state index contributed by atoms with van der Waals surface area (Å²) in [5.41, 5.74) is 0. The van der Waals surface area contributed by atoms with Gasteiger partial charge in [-0.2, -0.15) is 0 Å². The molecule has 0 radical (unpaired) electrons. The van der Waals surface area contributed by atoms with Crippen LogP contribution in [0.15, 0.2) is 12.2 Å². The molecule has 1 N–H and O–H groups in total. The van der Waals surface area contributed by atoms with Crippen LogP contribution in [-0.4, -0.2) is 27.6 Å². The third-order valence-electron chi connectivity index (χ3n) is 4.56. The van der Waals surface area contributed by atoms with E-state index in [1.807, 2.05) is 0 Å². The van der Waals surface area contributed by atoms with Gasteiger partial charge in [-0.3, -0.25) is 4.21 Å². The lowest BCUT2D eigenvalue weighted by Crippen LogP contribution is -2.21. The molecule has 0 aliphatic rings. The highest BCUT2D eigenvalue weighted by Crippen LogP contribution is 2.10. The van der Waals surface area contributed by atoms with Crippen molar-refractivity contribution < 1.29 is 8.76 Å². The largest absolute Gasteiger partial charge is 0.772 e.